The van der Waals surface area contributed by atoms with Crippen LogP contribution in [0.2, 0.25) is 0 Å². The van der Waals surface area contributed by atoms with Crippen molar-refractivity contribution < 1.29 is 14.3 Å². The number of fused-ring (bicyclic) bond motifs is 2. The van der Waals surface area contributed by atoms with Crippen molar-refractivity contribution in [2.24, 2.45) is 0 Å². The molecule has 0 saturated carbocycles. The molecule has 6 nitrogen and oxygen atoms in total. The first-order valence-electron chi connectivity index (χ1n) is 8.11. The van der Waals surface area contributed by atoms with Crippen molar-refractivity contribution in [3.05, 3.63) is 53.3 Å². The SMILES string of the molecule is C[C@@H](OC(=O)Cc1cn2ccsc2n1)C(=O)N1CCc2ccccc21. The minimum atomic E-state index is -0.817. The highest BCUT2D eigenvalue weighted by molar-refractivity contribution is 7.15. The zero-order valence-corrected chi connectivity index (χ0v) is 14.5. The van der Waals surface area contributed by atoms with Crippen LogP contribution in [0.3, 0.4) is 0 Å². The molecule has 0 fully saturated rings. The Morgan fingerprint density at radius 3 is 3.04 bits per heavy atom. The van der Waals surface area contributed by atoms with Crippen LogP contribution >= 0.6 is 11.3 Å². The molecule has 128 valence electrons. The van der Waals surface area contributed by atoms with E-state index < -0.39 is 12.1 Å². The van der Waals surface area contributed by atoms with Gasteiger partial charge in [-0.3, -0.25) is 14.0 Å². The van der Waals surface area contributed by atoms with Gasteiger partial charge in [0.1, 0.15) is 0 Å². The van der Waals surface area contributed by atoms with Gasteiger partial charge in [0.15, 0.2) is 11.1 Å². The van der Waals surface area contributed by atoms with Crippen LogP contribution in [0.5, 0.6) is 0 Å². The third kappa shape index (κ3) is 3.02. The Morgan fingerprint density at radius 2 is 2.20 bits per heavy atom. The topological polar surface area (TPSA) is 63.9 Å². The van der Waals surface area contributed by atoms with E-state index in [1.807, 2.05) is 40.2 Å². The molecule has 1 atom stereocenters. The van der Waals surface area contributed by atoms with Gasteiger partial charge in [-0.15, -0.1) is 11.3 Å². The molecule has 0 N–H and O–H groups in total. The number of amides is 1. The monoisotopic (exact) mass is 355 g/mol. The molecule has 25 heavy (non-hydrogen) atoms. The normalized spacial score (nSPS) is 14.5. The second-order valence-corrected chi connectivity index (χ2v) is 6.88. The number of hydrogen-bond donors (Lipinski definition) is 0. The van der Waals surface area contributed by atoms with Crippen LogP contribution in [0.15, 0.2) is 42.0 Å². The van der Waals surface area contributed by atoms with E-state index in [4.69, 9.17) is 4.74 Å². The highest BCUT2D eigenvalue weighted by Gasteiger charge is 2.29. The number of ether oxygens (including phenoxy) is 1. The van der Waals surface area contributed by atoms with E-state index in [2.05, 4.69) is 4.98 Å². The molecule has 7 heteroatoms. The molecule has 2 aromatic heterocycles. The summed E-state index contributed by atoms with van der Waals surface area (Å²) in [5.74, 6) is -0.636. The van der Waals surface area contributed by atoms with Gasteiger partial charge >= 0.3 is 5.97 Å². The van der Waals surface area contributed by atoms with E-state index in [1.54, 1.807) is 18.0 Å². The Balaban J connectivity index is 1.39. The maximum atomic E-state index is 12.6. The zero-order chi connectivity index (χ0) is 17.4. The second kappa shape index (κ2) is 6.33. The van der Waals surface area contributed by atoms with Gasteiger partial charge < -0.3 is 9.64 Å². The van der Waals surface area contributed by atoms with Crippen LogP contribution in [-0.4, -0.2) is 33.9 Å². The fraction of sp³-hybridized carbons (Fsp3) is 0.278. The molecule has 0 bridgehead atoms. The average Bonchev–Trinajstić information content (AvgIpc) is 3.27. The first kappa shape index (κ1) is 15.8. The van der Waals surface area contributed by atoms with Crippen LogP contribution < -0.4 is 4.90 Å². The number of benzene rings is 1. The second-order valence-electron chi connectivity index (χ2n) is 6.00. The molecule has 1 amide bonds. The Labute approximate surface area is 148 Å². The van der Waals surface area contributed by atoms with Gasteiger partial charge in [0.05, 0.1) is 12.1 Å². The summed E-state index contributed by atoms with van der Waals surface area (Å²) < 4.78 is 7.20. The van der Waals surface area contributed by atoms with E-state index in [-0.39, 0.29) is 12.3 Å². The summed E-state index contributed by atoms with van der Waals surface area (Å²) in [4.78, 5) is 31.7. The standard InChI is InChI=1S/C18H17N3O3S/c1-12(17(23)21-7-6-13-4-2-3-5-15(13)21)24-16(22)10-14-11-20-8-9-25-18(20)19-14/h2-5,8-9,11-12H,6-7,10H2,1H3/t12-/m1/s1. The number of thiazole rings is 1. The van der Waals surface area contributed by atoms with E-state index in [9.17, 15) is 9.59 Å². The number of aromatic nitrogens is 2. The summed E-state index contributed by atoms with van der Waals surface area (Å²) in [5.41, 5.74) is 2.69. The summed E-state index contributed by atoms with van der Waals surface area (Å²) in [7, 11) is 0. The molecule has 0 spiro atoms. The Morgan fingerprint density at radius 1 is 1.36 bits per heavy atom. The number of imidazole rings is 1. The number of anilines is 1. The van der Waals surface area contributed by atoms with E-state index in [0.29, 0.717) is 12.2 Å². The fourth-order valence-corrected chi connectivity index (χ4v) is 3.80. The molecular formula is C18H17N3O3S. The number of hydrogen-bond acceptors (Lipinski definition) is 5. The van der Waals surface area contributed by atoms with Crippen LogP contribution in [0.1, 0.15) is 18.2 Å². The predicted molar refractivity (Wildman–Crippen MR) is 94.8 cm³/mol. The number of esters is 1. The summed E-state index contributed by atoms with van der Waals surface area (Å²) in [5, 5.41) is 1.93. The largest absolute Gasteiger partial charge is 0.452 e. The number of carbonyl (C=O) groups is 2. The minimum absolute atomic E-state index is 0.0581. The molecule has 1 aliphatic rings. The molecular weight excluding hydrogens is 338 g/mol. The lowest BCUT2D eigenvalue weighted by Crippen LogP contribution is -2.39. The zero-order valence-electron chi connectivity index (χ0n) is 13.7. The van der Waals surface area contributed by atoms with Gasteiger partial charge in [-0.2, -0.15) is 0 Å². The van der Waals surface area contributed by atoms with E-state index in [1.165, 1.54) is 11.3 Å². The Hall–Kier alpha value is -2.67. The summed E-state index contributed by atoms with van der Waals surface area (Å²) >= 11 is 1.50. The van der Waals surface area contributed by atoms with Gasteiger partial charge in [-0.05, 0) is 25.0 Å². The van der Waals surface area contributed by atoms with Crippen molar-refractivity contribution in [1.29, 1.82) is 0 Å². The molecule has 1 aromatic carbocycles. The lowest BCUT2D eigenvalue weighted by Gasteiger charge is -2.21. The first-order chi connectivity index (χ1) is 12.1. The van der Waals surface area contributed by atoms with Crippen LogP contribution in [0.25, 0.3) is 4.96 Å². The van der Waals surface area contributed by atoms with Gasteiger partial charge in [0.25, 0.3) is 5.91 Å². The summed E-state index contributed by atoms with van der Waals surface area (Å²) in [6, 6.07) is 7.81. The smallest absolute Gasteiger partial charge is 0.312 e. The number of rotatable bonds is 4. The third-order valence-corrected chi connectivity index (χ3v) is 5.05. The number of nitrogens with zero attached hydrogens (tertiary/aromatic N) is 3. The Kier molecular flexibility index (Phi) is 4.01. The van der Waals surface area contributed by atoms with Crippen molar-refractivity contribution in [3.8, 4) is 0 Å². The maximum Gasteiger partial charge on any atom is 0.312 e. The summed E-state index contributed by atoms with van der Waals surface area (Å²) in [6.45, 7) is 2.24. The molecule has 1 aliphatic heterocycles. The van der Waals surface area contributed by atoms with Gasteiger partial charge in [0, 0.05) is 30.0 Å². The van der Waals surface area contributed by atoms with Crippen LogP contribution in [0.4, 0.5) is 5.69 Å². The van der Waals surface area contributed by atoms with Crippen molar-refractivity contribution in [2.45, 2.75) is 25.9 Å². The minimum Gasteiger partial charge on any atom is -0.452 e. The van der Waals surface area contributed by atoms with Crippen molar-refractivity contribution in [1.82, 2.24) is 9.38 Å². The molecule has 4 rings (SSSR count). The third-order valence-electron chi connectivity index (χ3n) is 4.28. The molecule has 3 heterocycles. The average molecular weight is 355 g/mol. The Bertz CT molecular complexity index is 917. The van der Waals surface area contributed by atoms with Gasteiger partial charge in [0.2, 0.25) is 0 Å². The maximum absolute atomic E-state index is 12.6. The van der Waals surface area contributed by atoms with Gasteiger partial charge in [-0.1, -0.05) is 18.2 Å². The molecule has 0 saturated heterocycles. The van der Waals surface area contributed by atoms with E-state index in [0.717, 1.165) is 22.6 Å². The quantitative estimate of drug-likeness (QED) is 0.675. The first-order valence-corrected chi connectivity index (χ1v) is 8.99. The fourth-order valence-electron chi connectivity index (χ4n) is 3.09. The molecule has 0 unspecified atom stereocenters. The van der Waals surface area contributed by atoms with Crippen molar-refractivity contribution in [2.75, 3.05) is 11.4 Å². The van der Waals surface area contributed by atoms with Gasteiger partial charge in [-0.25, -0.2) is 4.98 Å². The van der Waals surface area contributed by atoms with Crippen molar-refractivity contribution >= 4 is 33.9 Å². The highest BCUT2D eigenvalue weighted by atomic mass is 32.1. The van der Waals surface area contributed by atoms with Crippen LogP contribution in [0, 0.1) is 0 Å². The van der Waals surface area contributed by atoms with Crippen molar-refractivity contribution in [3.63, 3.8) is 0 Å². The number of carbonyl (C=O) groups excluding carboxylic acids is 2. The molecule has 0 aliphatic carbocycles. The lowest BCUT2D eigenvalue weighted by atomic mass is 10.2. The lowest BCUT2D eigenvalue weighted by molar-refractivity contribution is -0.153. The van der Waals surface area contributed by atoms with Crippen LogP contribution in [-0.2, 0) is 27.2 Å². The molecule has 0 radical (unpaired) electrons. The molecule has 3 aromatic rings. The van der Waals surface area contributed by atoms with E-state index >= 15 is 0 Å². The highest BCUT2D eigenvalue weighted by Crippen LogP contribution is 2.28. The summed E-state index contributed by atoms with van der Waals surface area (Å²) in [6.07, 6.45) is 3.76. The predicted octanol–water partition coefficient (Wildman–Crippen LogP) is 2.46. The number of para-hydroxylation sites is 1.